The fourth-order valence-corrected chi connectivity index (χ4v) is 3.44. The minimum absolute atomic E-state index is 0.0323. The molecule has 1 saturated heterocycles. The van der Waals surface area contributed by atoms with Crippen molar-refractivity contribution in [2.45, 2.75) is 32.4 Å². The van der Waals surface area contributed by atoms with Gasteiger partial charge in [-0.05, 0) is 11.8 Å². The molecule has 1 heterocycles. The van der Waals surface area contributed by atoms with Crippen LogP contribution in [0.2, 0.25) is 0 Å². The number of carbonyl (C=O) groups is 2. The second-order valence-electron chi connectivity index (χ2n) is 5.85. The second kappa shape index (κ2) is 5.57. The van der Waals surface area contributed by atoms with E-state index in [-0.39, 0.29) is 29.0 Å². The zero-order valence-corrected chi connectivity index (χ0v) is 13.2. The third-order valence-corrected chi connectivity index (χ3v) is 4.18. The third-order valence-electron chi connectivity index (χ3n) is 2.59. The Morgan fingerprint density at radius 3 is 2.44 bits per heavy atom. The van der Waals surface area contributed by atoms with Gasteiger partial charge >= 0.3 is 0 Å². The highest BCUT2D eigenvalue weighted by atomic mass is 32.2. The lowest BCUT2D eigenvalue weighted by Gasteiger charge is -2.21. The Labute approximate surface area is 118 Å². The molecule has 1 rings (SSSR count). The van der Waals surface area contributed by atoms with E-state index in [9.17, 15) is 9.59 Å². The lowest BCUT2D eigenvalue weighted by atomic mass is 9.90. The molecule has 0 N–H and O–H groups in total. The fraction of sp³-hybridized carbons (Fsp3) is 0.750. The van der Waals surface area contributed by atoms with Crippen molar-refractivity contribution in [1.82, 2.24) is 9.80 Å². The van der Waals surface area contributed by atoms with E-state index in [0.29, 0.717) is 4.32 Å². The molecule has 0 bridgehead atoms. The Bertz CT molecular complexity index is 375. The molecule has 0 aromatic rings. The van der Waals surface area contributed by atoms with E-state index < -0.39 is 0 Å². The maximum absolute atomic E-state index is 12.2. The van der Waals surface area contributed by atoms with Crippen LogP contribution in [0.4, 0.5) is 0 Å². The molecule has 1 aliphatic rings. The molecule has 102 valence electrons. The first-order valence-electron chi connectivity index (χ1n) is 5.84. The summed E-state index contributed by atoms with van der Waals surface area (Å²) in [6, 6.07) is 0. The molecule has 1 atom stereocenters. The largest absolute Gasteiger partial charge is 0.347 e. The highest BCUT2D eigenvalue weighted by molar-refractivity contribution is 8.24. The number of rotatable bonds is 3. The molecule has 0 aromatic carbocycles. The molecule has 2 amide bonds. The van der Waals surface area contributed by atoms with Crippen LogP contribution < -0.4 is 0 Å². The summed E-state index contributed by atoms with van der Waals surface area (Å²) in [7, 11) is 3.34. The van der Waals surface area contributed by atoms with Crippen molar-refractivity contribution in [3.05, 3.63) is 0 Å². The van der Waals surface area contributed by atoms with Crippen molar-refractivity contribution in [3.8, 4) is 0 Å². The third kappa shape index (κ3) is 3.95. The van der Waals surface area contributed by atoms with Gasteiger partial charge in [-0.3, -0.25) is 14.5 Å². The van der Waals surface area contributed by atoms with E-state index in [2.05, 4.69) is 20.8 Å². The molecule has 4 nitrogen and oxygen atoms in total. The minimum Gasteiger partial charge on any atom is -0.347 e. The zero-order chi connectivity index (χ0) is 14.1. The van der Waals surface area contributed by atoms with Gasteiger partial charge in [0.15, 0.2) is 0 Å². The normalized spacial score (nSPS) is 20.5. The van der Waals surface area contributed by atoms with E-state index in [0.717, 1.165) is 6.42 Å². The van der Waals surface area contributed by atoms with Gasteiger partial charge in [0, 0.05) is 14.1 Å². The first-order valence-corrected chi connectivity index (χ1v) is 7.13. The molecule has 0 saturated carbocycles. The van der Waals surface area contributed by atoms with Gasteiger partial charge in [-0.25, -0.2) is 0 Å². The number of thioether (sulfide) groups is 1. The molecule has 0 aromatic heterocycles. The Morgan fingerprint density at radius 2 is 2.00 bits per heavy atom. The molecule has 1 fully saturated rings. The predicted octanol–water partition coefficient (Wildman–Crippen LogP) is 1.74. The Kier molecular flexibility index (Phi) is 4.78. The van der Waals surface area contributed by atoms with E-state index in [1.54, 1.807) is 14.1 Å². The number of amides is 2. The standard InChI is InChI=1S/C12H20N2O2S2/c1-12(2,3)6-8-10(16)14(11(17)18-8)7-9(15)13(4)5/h8H,6-7H2,1-5H3. The van der Waals surface area contributed by atoms with Gasteiger partial charge in [-0.15, -0.1) is 0 Å². The van der Waals surface area contributed by atoms with Crippen molar-refractivity contribution in [2.24, 2.45) is 5.41 Å². The average molecular weight is 288 g/mol. The van der Waals surface area contributed by atoms with Crippen LogP contribution in [0, 0.1) is 5.41 Å². The Morgan fingerprint density at radius 1 is 1.44 bits per heavy atom. The van der Waals surface area contributed by atoms with Crippen LogP contribution >= 0.6 is 24.0 Å². The predicted molar refractivity (Wildman–Crippen MR) is 78.5 cm³/mol. The number of carbonyl (C=O) groups excluding carboxylic acids is 2. The summed E-state index contributed by atoms with van der Waals surface area (Å²) in [6.07, 6.45) is 0.767. The number of hydrogen-bond donors (Lipinski definition) is 0. The smallest absolute Gasteiger partial charge is 0.242 e. The monoisotopic (exact) mass is 288 g/mol. The maximum Gasteiger partial charge on any atom is 0.242 e. The van der Waals surface area contributed by atoms with Crippen LogP contribution in [0.25, 0.3) is 0 Å². The molecule has 0 spiro atoms. The van der Waals surface area contributed by atoms with Crippen molar-refractivity contribution in [3.63, 3.8) is 0 Å². The maximum atomic E-state index is 12.2. The summed E-state index contributed by atoms with van der Waals surface area (Å²) in [6.45, 7) is 6.34. The number of thiocarbonyl (C=S) groups is 1. The van der Waals surface area contributed by atoms with Crippen molar-refractivity contribution < 1.29 is 9.59 Å². The van der Waals surface area contributed by atoms with Crippen LogP contribution in [0.5, 0.6) is 0 Å². The number of hydrogen-bond acceptors (Lipinski definition) is 4. The lowest BCUT2D eigenvalue weighted by Crippen LogP contribution is -2.40. The van der Waals surface area contributed by atoms with Crippen LogP contribution in [0.15, 0.2) is 0 Å². The molecule has 18 heavy (non-hydrogen) atoms. The fourth-order valence-electron chi connectivity index (χ4n) is 1.60. The molecular formula is C12H20N2O2S2. The van der Waals surface area contributed by atoms with E-state index >= 15 is 0 Å². The topological polar surface area (TPSA) is 40.6 Å². The van der Waals surface area contributed by atoms with Crippen LogP contribution in [-0.2, 0) is 9.59 Å². The van der Waals surface area contributed by atoms with Crippen LogP contribution in [0.1, 0.15) is 27.2 Å². The van der Waals surface area contributed by atoms with Gasteiger partial charge in [-0.2, -0.15) is 0 Å². The summed E-state index contributed by atoms with van der Waals surface area (Å²) in [5.41, 5.74) is 0.0739. The zero-order valence-electron chi connectivity index (χ0n) is 11.5. The summed E-state index contributed by atoms with van der Waals surface area (Å²) >= 11 is 6.59. The minimum atomic E-state index is -0.146. The molecular weight excluding hydrogens is 268 g/mol. The van der Waals surface area contributed by atoms with E-state index in [4.69, 9.17) is 12.2 Å². The Balaban J connectivity index is 2.70. The SMILES string of the molecule is CN(C)C(=O)CN1C(=O)C(CC(C)(C)C)SC1=S. The number of likely N-dealkylation sites (N-methyl/N-ethyl adjacent to an activating group) is 1. The van der Waals surface area contributed by atoms with E-state index in [1.165, 1.54) is 21.6 Å². The quantitative estimate of drug-likeness (QED) is 0.742. The van der Waals surface area contributed by atoms with E-state index in [1.807, 2.05) is 0 Å². The summed E-state index contributed by atoms with van der Waals surface area (Å²) in [5.74, 6) is -0.141. The lowest BCUT2D eigenvalue weighted by molar-refractivity contribution is -0.135. The highest BCUT2D eigenvalue weighted by Gasteiger charge is 2.39. The molecule has 1 unspecified atom stereocenters. The summed E-state index contributed by atoms with van der Waals surface area (Å²) < 4.78 is 0.518. The van der Waals surface area contributed by atoms with Crippen LogP contribution in [-0.4, -0.2) is 51.8 Å². The summed E-state index contributed by atoms with van der Waals surface area (Å²) in [4.78, 5) is 26.7. The van der Waals surface area contributed by atoms with Crippen molar-refractivity contribution >= 4 is 40.1 Å². The second-order valence-corrected chi connectivity index (χ2v) is 7.69. The molecule has 1 aliphatic heterocycles. The van der Waals surface area contributed by atoms with Gasteiger partial charge in [0.05, 0.1) is 5.25 Å². The number of nitrogens with zero attached hydrogens (tertiary/aromatic N) is 2. The van der Waals surface area contributed by atoms with Gasteiger partial charge in [-0.1, -0.05) is 44.8 Å². The summed E-state index contributed by atoms with van der Waals surface area (Å²) in [5, 5.41) is -0.146. The average Bonchev–Trinajstić information content (AvgIpc) is 2.43. The van der Waals surface area contributed by atoms with Crippen molar-refractivity contribution in [1.29, 1.82) is 0 Å². The molecule has 0 aliphatic carbocycles. The van der Waals surface area contributed by atoms with Crippen molar-refractivity contribution in [2.75, 3.05) is 20.6 Å². The van der Waals surface area contributed by atoms with Gasteiger partial charge in [0.25, 0.3) is 0 Å². The molecule has 6 heteroatoms. The Hall–Kier alpha value is -0.620. The highest BCUT2D eigenvalue weighted by Crippen LogP contribution is 2.35. The van der Waals surface area contributed by atoms with Gasteiger partial charge in [0.1, 0.15) is 10.9 Å². The first kappa shape index (κ1) is 15.4. The van der Waals surface area contributed by atoms with Crippen LogP contribution in [0.3, 0.4) is 0 Å². The van der Waals surface area contributed by atoms with Gasteiger partial charge in [0.2, 0.25) is 11.8 Å². The van der Waals surface area contributed by atoms with Gasteiger partial charge < -0.3 is 4.90 Å². The molecule has 0 radical (unpaired) electrons. The first-order chi connectivity index (χ1) is 8.11.